The number of amides is 1. The normalized spacial score (nSPS) is 22.5. The number of carbonyl (C=O) groups is 3. The Labute approximate surface area is 133 Å². The van der Waals surface area contributed by atoms with Gasteiger partial charge in [0.2, 0.25) is 0 Å². The molecule has 2 aliphatic heterocycles. The summed E-state index contributed by atoms with van der Waals surface area (Å²) in [5, 5.41) is 9.16. The van der Waals surface area contributed by atoms with Gasteiger partial charge in [0.25, 0.3) is 5.91 Å². The zero-order valence-corrected chi connectivity index (χ0v) is 12.9. The topological polar surface area (TPSA) is 91.1 Å². The van der Waals surface area contributed by atoms with Crippen LogP contribution < -0.4 is 0 Å². The minimum absolute atomic E-state index is 0.182. The molecule has 124 valence electrons. The van der Waals surface area contributed by atoms with E-state index in [2.05, 4.69) is 4.90 Å². The van der Waals surface area contributed by atoms with Gasteiger partial charge < -0.3 is 14.4 Å². The number of carboxylic acids is 1. The van der Waals surface area contributed by atoms with Crippen LogP contribution in [0, 0.1) is 0 Å². The second-order valence-electron chi connectivity index (χ2n) is 6.08. The standard InChI is InChI=1S/C16H20N2O5/c19-11-5-8-17(9-6-11)10-12-3-4-14(23-12)15(20)18-7-1-2-13(18)16(21)22/h3-4,13H,1-2,5-10H2,(H,21,22). The van der Waals surface area contributed by atoms with Crippen molar-refractivity contribution in [2.45, 2.75) is 38.3 Å². The Kier molecular flexibility index (Phi) is 4.47. The lowest BCUT2D eigenvalue weighted by molar-refractivity contribution is -0.141. The van der Waals surface area contributed by atoms with E-state index in [-0.39, 0.29) is 17.5 Å². The van der Waals surface area contributed by atoms with Gasteiger partial charge in [-0.1, -0.05) is 0 Å². The van der Waals surface area contributed by atoms with Gasteiger partial charge in [0.05, 0.1) is 6.54 Å². The molecule has 1 aromatic rings. The van der Waals surface area contributed by atoms with Gasteiger partial charge in [-0.05, 0) is 25.0 Å². The molecule has 0 radical (unpaired) electrons. The van der Waals surface area contributed by atoms with Crippen molar-refractivity contribution in [3.8, 4) is 0 Å². The predicted molar refractivity (Wildman–Crippen MR) is 79.9 cm³/mol. The van der Waals surface area contributed by atoms with Gasteiger partial charge in [-0.2, -0.15) is 0 Å². The summed E-state index contributed by atoms with van der Waals surface area (Å²) >= 11 is 0. The van der Waals surface area contributed by atoms with Crippen LogP contribution in [0.4, 0.5) is 0 Å². The number of likely N-dealkylation sites (tertiary alicyclic amines) is 2. The van der Waals surface area contributed by atoms with Crippen LogP contribution in [0.2, 0.25) is 0 Å². The van der Waals surface area contributed by atoms with Crippen LogP contribution in [0.5, 0.6) is 0 Å². The number of Topliss-reactive ketones (excluding diaryl/α,β-unsaturated/α-hetero) is 1. The van der Waals surface area contributed by atoms with Crippen LogP contribution in [0.15, 0.2) is 16.5 Å². The summed E-state index contributed by atoms with van der Waals surface area (Å²) < 4.78 is 5.60. The second-order valence-corrected chi connectivity index (χ2v) is 6.08. The van der Waals surface area contributed by atoms with E-state index in [1.807, 2.05) is 0 Å². The average Bonchev–Trinajstić information content (AvgIpc) is 3.18. The molecule has 1 amide bonds. The van der Waals surface area contributed by atoms with Gasteiger partial charge in [0, 0.05) is 32.5 Å². The van der Waals surface area contributed by atoms with Crippen LogP contribution >= 0.6 is 0 Å². The number of hydrogen-bond donors (Lipinski definition) is 1. The van der Waals surface area contributed by atoms with E-state index < -0.39 is 12.0 Å². The summed E-state index contributed by atoms with van der Waals surface area (Å²) in [6.45, 7) is 2.41. The number of nitrogens with zero attached hydrogens (tertiary/aromatic N) is 2. The van der Waals surface area contributed by atoms with Gasteiger partial charge >= 0.3 is 5.97 Å². The van der Waals surface area contributed by atoms with Crippen molar-refractivity contribution in [3.63, 3.8) is 0 Å². The molecule has 2 saturated heterocycles. The zero-order chi connectivity index (χ0) is 16.4. The van der Waals surface area contributed by atoms with E-state index in [0.717, 1.165) is 0 Å². The van der Waals surface area contributed by atoms with Crippen molar-refractivity contribution < 1.29 is 23.9 Å². The summed E-state index contributed by atoms with van der Waals surface area (Å²) in [6.07, 6.45) is 2.29. The number of carbonyl (C=O) groups excluding carboxylic acids is 2. The lowest BCUT2D eigenvalue weighted by Crippen LogP contribution is -2.40. The van der Waals surface area contributed by atoms with Crippen LogP contribution in [-0.2, 0) is 16.1 Å². The fourth-order valence-corrected chi connectivity index (χ4v) is 3.17. The summed E-state index contributed by atoms with van der Waals surface area (Å²) in [7, 11) is 0. The molecular formula is C16H20N2O5. The summed E-state index contributed by atoms with van der Waals surface area (Å²) in [5.41, 5.74) is 0. The fourth-order valence-electron chi connectivity index (χ4n) is 3.17. The molecule has 1 N–H and O–H groups in total. The van der Waals surface area contributed by atoms with Crippen molar-refractivity contribution >= 4 is 17.7 Å². The number of hydrogen-bond acceptors (Lipinski definition) is 5. The van der Waals surface area contributed by atoms with Crippen molar-refractivity contribution in [3.05, 3.63) is 23.7 Å². The molecule has 1 atom stereocenters. The Morgan fingerprint density at radius 3 is 2.65 bits per heavy atom. The second kappa shape index (κ2) is 6.54. The van der Waals surface area contributed by atoms with Crippen LogP contribution in [0.25, 0.3) is 0 Å². The Balaban J connectivity index is 1.63. The molecule has 2 aliphatic rings. The number of ketones is 1. The highest BCUT2D eigenvalue weighted by atomic mass is 16.4. The van der Waals surface area contributed by atoms with Gasteiger partial charge in [-0.25, -0.2) is 4.79 Å². The molecule has 7 heteroatoms. The van der Waals surface area contributed by atoms with Gasteiger partial charge in [-0.3, -0.25) is 14.5 Å². The Morgan fingerprint density at radius 1 is 1.22 bits per heavy atom. The quantitative estimate of drug-likeness (QED) is 0.894. The molecule has 0 bridgehead atoms. The molecule has 1 aromatic heterocycles. The minimum Gasteiger partial charge on any atom is -0.480 e. The highest BCUT2D eigenvalue weighted by Gasteiger charge is 2.35. The third-order valence-corrected chi connectivity index (χ3v) is 4.46. The third-order valence-electron chi connectivity index (χ3n) is 4.46. The first kappa shape index (κ1) is 15.7. The van der Waals surface area contributed by atoms with Crippen molar-refractivity contribution in [2.24, 2.45) is 0 Å². The molecule has 0 aliphatic carbocycles. The lowest BCUT2D eigenvalue weighted by Gasteiger charge is -2.24. The first-order valence-corrected chi connectivity index (χ1v) is 7.91. The summed E-state index contributed by atoms with van der Waals surface area (Å²) in [5.74, 6) is -0.212. The highest BCUT2D eigenvalue weighted by molar-refractivity contribution is 5.94. The third kappa shape index (κ3) is 3.44. The number of piperidine rings is 1. The van der Waals surface area contributed by atoms with E-state index in [9.17, 15) is 14.4 Å². The van der Waals surface area contributed by atoms with Crippen LogP contribution in [-0.4, -0.2) is 58.2 Å². The Bertz CT molecular complexity index is 614. The average molecular weight is 320 g/mol. The van der Waals surface area contributed by atoms with Gasteiger partial charge in [0.1, 0.15) is 17.6 Å². The lowest BCUT2D eigenvalue weighted by atomic mass is 10.1. The molecule has 2 fully saturated rings. The maximum absolute atomic E-state index is 12.4. The molecule has 0 aromatic carbocycles. The van der Waals surface area contributed by atoms with Crippen LogP contribution in [0.1, 0.15) is 42.0 Å². The summed E-state index contributed by atoms with van der Waals surface area (Å²) in [4.78, 5) is 38.3. The van der Waals surface area contributed by atoms with Crippen molar-refractivity contribution in [1.82, 2.24) is 9.80 Å². The maximum Gasteiger partial charge on any atom is 0.326 e. The van der Waals surface area contributed by atoms with E-state index in [4.69, 9.17) is 9.52 Å². The zero-order valence-electron chi connectivity index (χ0n) is 12.9. The maximum atomic E-state index is 12.4. The van der Waals surface area contributed by atoms with Gasteiger partial charge in [0.15, 0.2) is 5.76 Å². The first-order chi connectivity index (χ1) is 11.0. The molecule has 23 heavy (non-hydrogen) atoms. The smallest absolute Gasteiger partial charge is 0.326 e. The first-order valence-electron chi connectivity index (χ1n) is 7.91. The molecule has 3 rings (SSSR count). The minimum atomic E-state index is -0.972. The monoisotopic (exact) mass is 320 g/mol. The van der Waals surface area contributed by atoms with Gasteiger partial charge in [-0.15, -0.1) is 0 Å². The van der Waals surface area contributed by atoms with E-state index in [1.54, 1.807) is 12.1 Å². The largest absolute Gasteiger partial charge is 0.480 e. The number of rotatable bonds is 4. The van der Waals surface area contributed by atoms with E-state index in [1.165, 1.54) is 4.90 Å². The number of aliphatic carboxylic acids is 1. The Morgan fingerprint density at radius 2 is 1.96 bits per heavy atom. The van der Waals surface area contributed by atoms with E-state index in [0.29, 0.717) is 57.6 Å². The molecular weight excluding hydrogens is 300 g/mol. The molecule has 0 saturated carbocycles. The number of carboxylic acid groups (broad SMARTS) is 1. The van der Waals surface area contributed by atoms with E-state index >= 15 is 0 Å². The predicted octanol–water partition coefficient (Wildman–Crippen LogP) is 1.13. The summed E-state index contributed by atoms with van der Waals surface area (Å²) in [6, 6.07) is 2.59. The molecule has 1 unspecified atom stereocenters. The van der Waals surface area contributed by atoms with Crippen molar-refractivity contribution in [1.29, 1.82) is 0 Å². The molecule has 7 nitrogen and oxygen atoms in total. The highest BCUT2D eigenvalue weighted by Crippen LogP contribution is 2.22. The Hall–Kier alpha value is -2.15. The molecule has 3 heterocycles. The van der Waals surface area contributed by atoms with Crippen molar-refractivity contribution in [2.75, 3.05) is 19.6 Å². The fraction of sp³-hybridized carbons (Fsp3) is 0.562. The number of furan rings is 1. The molecule has 0 spiro atoms. The van der Waals surface area contributed by atoms with Crippen LogP contribution in [0.3, 0.4) is 0 Å². The SMILES string of the molecule is O=C1CCN(Cc2ccc(C(=O)N3CCCC3C(=O)O)o2)CC1.